The van der Waals surface area contributed by atoms with E-state index in [1.165, 1.54) is 5.46 Å². The summed E-state index contributed by atoms with van der Waals surface area (Å²) in [6.45, 7) is -0.246. The maximum Gasteiger partial charge on any atom is 0.252 e. The predicted molar refractivity (Wildman–Crippen MR) is 390 cm³/mol. The van der Waals surface area contributed by atoms with E-state index in [1.54, 1.807) is 0 Å². The second kappa shape index (κ2) is 21.2. The minimum absolute atomic E-state index is 0.246. The summed E-state index contributed by atoms with van der Waals surface area (Å²) in [6.07, 6.45) is 0. The molecule has 2 aliphatic rings. The molecule has 6 nitrogen and oxygen atoms in total. The SMILES string of the molecule is c1ccc(-c2ccccc2N2c3cc4c(cc3B3c5cc6oc7cc8cc(N(c9ccccc9)c9ccccc9)ccc8cc7c6cc5N(c5ccccc5-c5ccccc5)c5cccc2c53)oc2cc3cc(N(c5ccccc5)c5ccccc5)ccc3cc24)cc1. The van der Waals surface area contributed by atoms with Gasteiger partial charge in [-0.05, 0) is 195 Å². The van der Waals surface area contributed by atoms with Gasteiger partial charge in [0.05, 0.1) is 11.4 Å². The van der Waals surface area contributed by atoms with Crippen LogP contribution in [0, 0.1) is 0 Å². The molecule has 0 spiro atoms. The third kappa shape index (κ3) is 8.51. The van der Waals surface area contributed by atoms with Crippen molar-refractivity contribution in [1.82, 2.24) is 0 Å². The van der Waals surface area contributed by atoms with E-state index < -0.39 is 0 Å². The van der Waals surface area contributed by atoms with Gasteiger partial charge in [0.2, 0.25) is 0 Å². The molecule has 0 amide bonds. The second-order valence-electron chi connectivity index (χ2n) is 24.4. The Morgan fingerprint density at radius 3 is 0.968 bits per heavy atom. The van der Waals surface area contributed by atoms with Crippen LogP contribution < -0.4 is 36.0 Å². The van der Waals surface area contributed by atoms with Crippen LogP contribution in [0.4, 0.5) is 68.2 Å². The molecule has 434 valence electrons. The van der Waals surface area contributed by atoms with Gasteiger partial charge in [-0.2, -0.15) is 0 Å². The molecule has 0 radical (unpaired) electrons. The maximum absolute atomic E-state index is 7.26. The fourth-order valence-corrected chi connectivity index (χ4v) is 15.0. The molecule has 15 aromatic carbocycles. The Hall–Kier alpha value is -12.3. The van der Waals surface area contributed by atoms with Crippen LogP contribution >= 0.6 is 0 Å². The highest BCUT2D eigenvalue weighted by molar-refractivity contribution is 7.00. The summed E-state index contributed by atoms with van der Waals surface area (Å²) in [6, 6.07) is 121. The van der Waals surface area contributed by atoms with Crippen molar-refractivity contribution in [2.24, 2.45) is 0 Å². The Labute approximate surface area is 538 Å². The van der Waals surface area contributed by atoms with Crippen molar-refractivity contribution in [1.29, 1.82) is 0 Å². The van der Waals surface area contributed by atoms with Gasteiger partial charge in [-0.25, -0.2) is 0 Å². The zero-order valence-corrected chi connectivity index (χ0v) is 50.4. The van der Waals surface area contributed by atoms with E-state index in [0.29, 0.717) is 0 Å². The number of para-hydroxylation sites is 6. The molecule has 0 saturated carbocycles. The van der Waals surface area contributed by atoms with Crippen molar-refractivity contribution >= 4 is 157 Å². The number of nitrogens with zero attached hydrogens (tertiary/aromatic N) is 4. The van der Waals surface area contributed by atoms with Crippen LogP contribution in [0.3, 0.4) is 0 Å². The number of hydrogen-bond acceptors (Lipinski definition) is 6. The lowest BCUT2D eigenvalue weighted by atomic mass is 9.33. The molecule has 0 fully saturated rings. The van der Waals surface area contributed by atoms with Gasteiger partial charge >= 0.3 is 0 Å². The van der Waals surface area contributed by atoms with E-state index in [4.69, 9.17) is 8.83 Å². The van der Waals surface area contributed by atoms with Crippen LogP contribution in [0.5, 0.6) is 0 Å². The van der Waals surface area contributed by atoms with E-state index in [-0.39, 0.29) is 6.71 Å². The molecule has 17 aromatic rings. The van der Waals surface area contributed by atoms with Crippen molar-refractivity contribution in [3.05, 3.63) is 334 Å². The van der Waals surface area contributed by atoms with Crippen LogP contribution in [-0.2, 0) is 0 Å². The normalized spacial score (nSPS) is 12.5. The van der Waals surface area contributed by atoms with Crippen molar-refractivity contribution in [2.75, 3.05) is 19.6 Å². The molecular weight excluding hydrogens is 1130 g/mol. The first-order chi connectivity index (χ1) is 46.1. The first-order valence-electron chi connectivity index (χ1n) is 31.8. The molecule has 0 aliphatic carbocycles. The highest BCUT2D eigenvalue weighted by Gasteiger charge is 2.45. The zero-order valence-electron chi connectivity index (χ0n) is 50.4. The van der Waals surface area contributed by atoms with Gasteiger partial charge in [0, 0.05) is 89.5 Å². The average molecular weight is 1190 g/mol. The molecule has 7 heteroatoms. The fourth-order valence-electron chi connectivity index (χ4n) is 15.0. The smallest absolute Gasteiger partial charge is 0.252 e. The molecule has 0 atom stereocenters. The Balaban J connectivity index is 0.850. The van der Waals surface area contributed by atoms with Gasteiger partial charge in [-0.3, -0.25) is 0 Å². The number of furan rings is 2. The number of rotatable bonds is 10. The van der Waals surface area contributed by atoms with E-state index in [9.17, 15) is 0 Å². The van der Waals surface area contributed by atoms with Crippen molar-refractivity contribution < 1.29 is 8.83 Å². The molecule has 2 aliphatic heterocycles. The Kier molecular flexibility index (Phi) is 12.0. The Morgan fingerprint density at radius 1 is 0.237 bits per heavy atom. The van der Waals surface area contributed by atoms with Crippen molar-refractivity contribution in [2.45, 2.75) is 0 Å². The van der Waals surface area contributed by atoms with E-state index in [1.807, 2.05) is 0 Å². The summed E-state index contributed by atoms with van der Waals surface area (Å²) in [4.78, 5) is 9.69. The molecule has 2 aromatic heterocycles. The van der Waals surface area contributed by atoms with Gasteiger partial charge in [0.15, 0.2) is 0 Å². The van der Waals surface area contributed by atoms with E-state index in [2.05, 4.69) is 353 Å². The minimum Gasteiger partial charge on any atom is -0.456 e. The third-order valence-electron chi connectivity index (χ3n) is 19.1. The second-order valence-corrected chi connectivity index (χ2v) is 24.4. The highest BCUT2D eigenvalue weighted by Crippen LogP contribution is 2.51. The molecule has 0 unspecified atom stereocenters. The average Bonchev–Trinajstić information content (AvgIpc) is 1.60. The number of fused-ring (bicyclic) bond motifs is 12. The first kappa shape index (κ1) is 52.6. The topological polar surface area (TPSA) is 39.2 Å². The molecule has 0 saturated heterocycles. The van der Waals surface area contributed by atoms with E-state index in [0.717, 1.165) is 167 Å². The van der Waals surface area contributed by atoms with Crippen molar-refractivity contribution in [3.8, 4) is 22.3 Å². The predicted octanol–water partition coefficient (Wildman–Crippen LogP) is 22.1. The van der Waals surface area contributed by atoms with Crippen molar-refractivity contribution in [3.63, 3.8) is 0 Å². The highest BCUT2D eigenvalue weighted by atomic mass is 16.3. The summed E-state index contributed by atoms with van der Waals surface area (Å²) in [5.74, 6) is 0. The molecular formula is C86H55BN4O2. The summed E-state index contributed by atoms with van der Waals surface area (Å²) >= 11 is 0. The fraction of sp³-hybridized carbons (Fsp3) is 0. The quantitative estimate of drug-likeness (QED) is 0.127. The monoisotopic (exact) mass is 1190 g/mol. The molecule has 19 rings (SSSR count). The van der Waals surface area contributed by atoms with Crippen LogP contribution in [0.15, 0.2) is 342 Å². The zero-order chi connectivity index (χ0) is 61.1. The van der Waals surface area contributed by atoms with Crippen LogP contribution in [0.2, 0.25) is 0 Å². The number of benzene rings is 15. The molecule has 93 heavy (non-hydrogen) atoms. The third-order valence-corrected chi connectivity index (χ3v) is 19.1. The van der Waals surface area contributed by atoms with Crippen LogP contribution in [0.1, 0.15) is 0 Å². The summed E-state index contributed by atoms with van der Waals surface area (Å²) in [5, 5.41) is 8.70. The summed E-state index contributed by atoms with van der Waals surface area (Å²) in [5.41, 5.74) is 24.5. The molecule has 4 heterocycles. The van der Waals surface area contributed by atoms with Crippen LogP contribution in [0.25, 0.3) is 87.7 Å². The lowest BCUT2D eigenvalue weighted by Gasteiger charge is -2.44. The standard InChI is InChI=1S/C86H55BN4O2/c1-7-24-56(25-8-1)68-36-19-21-38-76(68)90-78-40-23-41-79-86(78)87(74-54-84-72(52-80(74)90)70-48-58-42-44-66(46-60(58)50-82(70)92-84)88(62-28-11-3-12-29-62)63-30-13-4-14-31-63)75-55-85-73(53-81(75)91(79)77-39-22-20-37-69(77)57-26-9-2-10-27-57)71-49-59-43-45-67(47-61(59)51-83(71)93-85)89(64-32-15-5-16-33-64)65-34-17-6-18-35-65/h1-55H. The maximum atomic E-state index is 7.26. The molecule has 0 bridgehead atoms. The van der Waals surface area contributed by atoms with Gasteiger partial charge in [0.25, 0.3) is 6.71 Å². The summed E-state index contributed by atoms with van der Waals surface area (Å²) in [7, 11) is 0. The summed E-state index contributed by atoms with van der Waals surface area (Å²) < 4.78 is 14.5. The molecule has 0 N–H and O–H groups in total. The van der Waals surface area contributed by atoms with Gasteiger partial charge < -0.3 is 28.4 Å². The number of hydrogen-bond donors (Lipinski definition) is 0. The Bertz CT molecular complexity index is 5350. The lowest BCUT2D eigenvalue weighted by molar-refractivity contribution is 0.669. The minimum atomic E-state index is -0.246. The number of anilines is 12. The van der Waals surface area contributed by atoms with Gasteiger partial charge in [-0.15, -0.1) is 0 Å². The van der Waals surface area contributed by atoms with Gasteiger partial charge in [0.1, 0.15) is 22.3 Å². The van der Waals surface area contributed by atoms with Crippen LogP contribution in [-0.4, -0.2) is 6.71 Å². The van der Waals surface area contributed by atoms with E-state index >= 15 is 0 Å². The van der Waals surface area contributed by atoms with Gasteiger partial charge in [-0.1, -0.05) is 188 Å². The lowest BCUT2D eigenvalue weighted by Crippen LogP contribution is -2.61. The Morgan fingerprint density at radius 2 is 0.570 bits per heavy atom. The first-order valence-corrected chi connectivity index (χ1v) is 31.8. The largest absolute Gasteiger partial charge is 0.456 e.